The maximum atomic E-state index is 9.21. The fraction of sp³-hybridized carbons (Fsp3) is 0.812. The van der Waals surface area contributed by atoms with Gasteiger partial charge in [0.25, 0.3) is 0 Å². The molecule has 1 aliphatic rings. The lowest BCUT2D eigenvalue weighted by Gasteiger charge is -2.33. The molecule has 3 nitrogen and oxygen atoms in total. The summed E-state index contributed by atoms with van der Waals surface area (Å²) in [5.41, 5.74) is 1.35. The predicted molar refractivity (Wildman–Crippen MR) is 85.1 cm³/mol. The number of rotatable bonds is 4. The van der Waals surface area contributed by atoms with Crippen LogP contribution in [-0.4, -0.2) is 34.7 Å². The maximum Gasteiger partial charge on any atom is 0.107 e. The Morgan fingerprint density at radius 2 is 1.95 bits per heavy atom. The topological polar surface area (TPSA) is 36.4 Å². The highest BCUT2D eigenvalue weighted by molar-refractivity contribution is 7.09. The summed E-state index contributed by atoms with van der Waals surface area (Å²) in [6.07, 6.45) is 4.74. The molecular weight excluding hydrogens is 268 g/mol. The highest BCUT2D eigenvalue weighted by Gasteiger charge is 2.24. The minimum atomic E-state index is 0.145. The first-order valence-electron chi connectivity index (χ1n) is 7.66. The molecule has 0 atom stereocenters. The molecular formula is C16H28N2OS. The van der Waals surface area contributed by atoms with Crippen LogP contribution in [0.25, 0.3) is 0 Å². The lowest BCUT2D eigenvalue weighted by molar-refractivity contribution is 0.124. The molecule has 114 valence electrons. The summed E-state index contributed by atoms with van der Waals surface area (Å²) in [7, 11) is 2.21. The second-order valence-corrected chi connectivity index (χ2v) is 8.09. The Morgan fingerprint density at radius 1 is 1.30 bits per heavy atom. The zero-order chi connectivity index (χ0) is 14.8. The van der Waals surface area contributed by atoms with E-state index in [0.29, 0.717) is 18.6 Å². The van der Waals surface area contributed by atoms with Gasteiger partial charge in [0.2, 0.25) is 0 Å². The first kappa shape index (κ1) is 15.9. The first-order valence-corrected chi connectivity index (χ1v) is 8.54. The van der Waals surface area contributed by atoms with Crippen LogP contribution >= 0.6 is 11.3 Å². The van der Waals surface area contributed by atoms with Crippen molar-refractivity contribution < 1.29 is 5.11 Å². The molecule has 1 aromatic rings. The summed E-state index contributed by atoms with van der Waals surface area (Å²) in [6, 6.07) is 0.653. The molecule has 1 heterocycles. The molecule has 0 amide bonds. The molecule has 0 bridgehead atoms. The number of nitrogens with zero attached hydrogens (tertiary/aromatic N) is 2. The van der Waals surface area contributed by atoms with Crippen molar-refractivity contribution in [3.05, 3.63) is 16.1 Å². The molecule has 0 spiro atoms. The largest absolute Gasteiger partial charge is 0.396 e. The van der Waals surface area contributed by atoms with E-state index in [9.17, 15) is 5.11 Å². The van der Waals surface area contributed by atoms with Crippen LogP contribution in [0.3, 0.4) is 0 Å². The minimum absolute atomic E-state index is 0.145. The van der Waals surface area contributed by atoms with Crippen LogP contribution in [-0.2, 0) is 12.0 Å². The van der Waals surface area contributed by atoms with Crippen molar-refractivity contribution in [2.24, 2.45) is 5.92 Å². The van der Waals surface area contributed by atoms with E-state index in [1.807, 2.05) is 0 Å². The normalized spacial score (nSPS) is 24.3. The van der Waals surface area contributed by atoms with Crippen molar-refractivity contribution in [3.8, 4) is 0 Å². The smallest absolute Gasteiger partial charge is 0.107 e. The Bertz CT molecular complexity index is 416. The summed E-state index contributed by atoms with van der Waals surface area (Å²) in [5.74, 6) is 0.534. The molecule has 0 saturated heterocycles. The monoisotopic (exact) mass is 296 g/mol. The molecule has 1 N–H and O–H groups in total. The minimum Gasteiger partial charge on any atom is -0.396 e. The Balaban J connectivity index is 1.88. The van der Waals surface area contributed by atoms with Crippen LogP contribution < -0.4 is 0 Å². The van der Waals surface area contributed by atoms with Crippen molar-refractivity contribution in [1.29, 1.82) is 0 Å². The molecule has 2 rings (SSSR count). The van der Waals surface area contributed by atoms with Gasteiger partial charge in [0.1, 0.15) is 5.01 Å². The Labute approximate surface area is 127 Å². The molecule has 1 fully saturated rings. The zero-order valence-corrected chi connectivity index (χ0v) is 14.0. The van der Waals surface area contributed by atoms with E-state index in [1.165, 1.54) is 23.5 Å². The number of aliphatic hydroxyl groups excluding tert-OH is 1. The molecule has 20 heavy (non-hydrogen) atoms. The van der Waals surface area contributed by atoms with Crippen LogP contribution in [0.4, 0.5) is 0 Å². The van der Waals surface area contributed by atoms with E-state index in [4.69, 9.17) is 4.98 Å². The van der Waals surface area contributed by atoms with Crippen molar-refractivity contribution in [2.45, 2.75) is 64.5 Å². The predicted octanol–water partition coefficient (Wildman–Crippen LogP) is 3.42. The third-order valence-corrected chi connectivity index (χ3v) is 5.24. The van der Waals surface area contributed by atoms with Gasteiger partial charge in [-0.25, -0.2) is 4.98 Å². The van der Waals surface area contributed by atoms with Crippen LogP contribution in [0, 0.1) is 5.92 Å². The van der Waals surface area contributed by atoms with E-state index in [-0.39, 0.29) is 5.41 Å². The lowest BCUT2D eigenvalue weighted by atomic mass is 9.86. The van der Waals surface area contributed by atoms with E-state index in [2.05, 4.69) is 38.1 Å². The number of hydrogen-bond acceptors (Lipinski definition) is 4. The summed E-state index contributed by atoms with van der Waals surface area (Å²) in [5, 5.41) is 12.6. The summed E-state index contributed by atoms with van der Waals surface area (Å²) in [6.45, 7) is 7.95. The van der Waals surface area contributed by atoms with Gasteiger partial charge in [0.05, 0.1) is 12.2 Å². The maximum absolute atomic E-state index is 9.21. The van der Waals surface area contributed by atoms with Gasteiger partial charge in [-0.2, -0.15) is 0 Å². The average Bonchev–Trinajstić information content (AvgIpc) is 2.87. The summed E-state index contributed by atoms with van der Waals surface area (Å²) in [4.78, 5) is 7.23. The highest BCUT2D eigenvalue weighted by atomic mass is 32.1. The van der Waals surface area contributed by atoms with Gasteiger partial charge in [-0.1, -0.05) is 20.8 Å². The molecule has 1 aliphatic carbocycles. The van der Waals surface area contributed by atoms with Crippen molar-refractivity contribution in [3.63, 3.8) is 0 Å². The third-order valence-electron chi connectivity index (χ3n) is 4.40. The van der Waals surface area contributed by atoms with E-state index in [0.717, 1.165) is 19.4 Å². The van der Waals surface area contributed by atoms with E-state index >= 15 is 0 Å². The quantitative estimate of drug-likeness (QED) is 0.925. The fourth-order valence-corrected chi connectivity index (χ4v) is 3.92. The van der Waals surface area contributed by atoms with Crippen LogP contribution in [0.5, 0.6) is 0 Å². The van der Waals surface area contributed by atoms with Gasteiger partial charge >= 0.3 is 0 Å². The molecule has 0 aliphatic heterocycles. The van der Waals surface area contributed by atoms with E-state index in [1.54, 1.807) is 11.3 Å². The number of aliphatic hydroxyl groups is 1. The highest BCUT2D eigenvalue weighted by Crippen LogP contribution is 2.29. The van der Waals surface area contributed by atoms with Gasteiger partial charge in [-0.15, -0.1) is 11.3 Å². The standard InChI is InChI=1S/C16H28N2OS/c1-16(2,3)14-11-20-15(17-14)9-18(4)13-7-5-12(10-19)6-8-13/h11-13,19H,5-10H2,1-4H3. The second kappa shape index (κ2) is 6.54. The van der Waals surface area contributed by atoms with Gasteiger partial charge in [0, 0.05) is 23.4 Å². The summed E-state index contributed by atoms with van der Waals surface area (Å²) < 4.78 is 0. The van der Waals surface area contributed by atoms with Gasteiger partial charge in [-0.05, 0) is 38.6 Å². The van der Waals surface area contributed by atoms with Gasteiger partial charge < -0.3 is 5.11 Å². The number of thiazole rings is 1. The molecule has 0 radical (unpaired) electrons. The molecule has 1 saturated carbocycles. The number of hydrogen-bond donors (Lipinski definition) is 1. The van der Waals surface area contributed by atoms with Crippen molar-refractivity contribution >= 4 is 11.3 Å². The second-order valence-electron chi connectivity index (χ2n) is 7.15. The van der Waals surface area contributed by atoms with Crippen LogP contribution in [0.15, 0.2) is 5.38 Å². The Morgan fingerprint density at radius 3 is 2.45 bits per heavy atom. The SMILES string of the molecule is CN(Cc1nc(C(C)(C)C)cs1)C1CCC(CO)CC1. The summed E-state index contributed by atoms with van der Waals surface area (Å²) >= 11 is 1.78. The molecule has 0 aromatic carbocycles. The molecule has 0 unspecified atom stereocenters. The fourth-order valence-electron chi connectivity index (χ4n) is 2.84. The number of aromatic nitrogens is 1. The molecule has 1 aromatic heterocycles. The average molecular weight is 296 g/mol. The van der Waals surface area contributed by atoms with Gasteiger partial charge in [-0.3, -0.25) is 4.90 Å². The Kier molecular flexibility index (Phi) is 5.21. The van der Waals surface area contributed by atoms with Crippen LogP contribution in [0.1, 0.15) is 57.2 Å². The third kappa shape index (κ3) is 4.03. The lowest BCUT2D eigenvalue weighted by Crippen LogP contribution is -2.35. The van der Waals surface area contributed by atoms with Crippen molar-refractivity contribution in [2.75, 3.05) is 13.7 Å². The van der Waals surface area contributed by atoms with Gasteiger partial charge in [0.15, 0.2) is 0 Å². The first-order chi connectivity index (χ1) is 9.40. The van der Waals surface area contributed by atoms with Crippen LogP contribution in [0.2, 0.25) is 0 Å². The Hall–Kier alpha value is -0.450. The van der Waals surface area contributed by atoms with E-state index < -0.39 is 0 Å². The zero-order valence-electron chi connectivity index (χ0n) is 13.2. The van der Waals surface area contributed by atoms with Crippen molar-refractivity contribution in [1.82, 2.24) is 9.88 Å². The molecule has 4 heteroatoms.